The van der Waals surface area contributed by atoms with Crippen molar-refractivity contribution in [1.29, 1.82) is 0 Å². The van der Waals surface area contributed by atoms with Crippen molar-refractivity contribution in [3.63, 3.8) is 0 Å². The van der Waals surface area contributed by atoms with E-state index in [0.29, 0.717) is 22.4 Å². The Kier molecular flexibility index (Phi) is 3.99. The number of aromatic amines is 1. The van der Waals surface area contributed by atoms with Gasteiger partial charge in [-0.05, 0) is 73.4 Å². The minimum atomic E-state index is -0.0617. The van der Waals surface area contributed by atoms with Crippen molar-refractivity contribution in [3.8, 4) is 0 Å². The number of hydrogen-bond donors (Lipinski definition) is 2. The molecule has 25 heavy (non-hydrogen) atoms. The van der Waals surface area contributed by atoms with Crippen LogP contribution in [0.3, 0.4) is 0 Å². The normalized spacial score (nSPS) is 20.8. The average molecular weight is 355 g/mol. The van der Waals surface area contributed by atoms with Crippen LogP contribution >= 0.6 is 11.6 Å². The fourth-order valence-electron chi connectivity index (χ4n) is 4.22. The van der Waals surface area contributed by atoms with Gasteiger partial charge in [-0.15, -0.1) is 0 Å². The van der Waals surface area contributed by atoms with Crippen LogP contribution in [0, 0.1) is 12.8 Å². The summed E-state index contributed by atoms with van der Waals surface area (Å²) in [5, 5.41) is 3.63. The first-order valence-electron chi connectivity index (χ1n) is 8.99. The second-order valence-electron chi connectivity index (χ2n) is 7.56. The molecule has 1 amide bonds. The summed E-state index contributed by atoms with van der Waals surface area (Å²) >= 11 is 6.21. The van der Waals surface area contributed by atoms with Gasteiger partial charge in [0.25, 0.3) is 5.91 Å². The Morgan fingerprint density at radius 3 is 2.84 bits per heavy atom. The molecule has 1 aliphatic heterocycles. The molecule has 130 valence electrons. The average Bonchev–Trinajstić information content (AvgIpc) is 3.09. The number of amides is 1. The lowest BCUT2D eigenvalue weighted by molar-refractivity contribution is -0.110. The van der Waals surface area contributed by atoms with E-state index in [1.54, 1.807) is 0 Å². The maximum atomic E-state index is 12.5. The molecule has 0 spiro atoms. The molecule has 1 aromatic heterocycles. The monoisotopic (exact) mass is 354 g/mol. The van der Waals surface area contributed by atoms with Gasteiger partial charge in [0.1, 0.15) is 0 Å². The first-order chi connectivity index (χ1) is 11.9. The van der Waals surface area contributed by atoms with E-state index < -0.39 is 0 Å². The van der Waals surface area contributed by atoms with Gasteiger partial charge in [-0.2, -0.15) is 0 Å². The third kappa shape index (κ3) is 2.81. The number of carbonyl (C=O) groups excluding carboxylic acids is 1. The van der Waals surface area contributed by atoms with Crippen LogP contribution in [-0.4, -0.2) is 10.9 Å². The number of aryl methyl sites for hydroxylation is 2. The molecular weight excluding hydrogens is 332 g/mol. The van der Waals surface area contributed by atoms with Crippen molar-refractivity contribution in [2.75, 3.05) is 5.32 Å². The van der Waals surface area contributed by atoms with E-state index in [4.69, 9.17) is 11.6 Å². The molecule has 2 aliphatic rings. The van der Waals surface area contributed by atoms with Crippen LogP contribution in [0.5, 0.6) is 0 Å². The van der Waals surface area contributed by atoms with Crippen molar-refractivity contribution in [1.82, 2.24) is 4.98 Å². The maximum absolute atomic E-state index is 12.5. The van der Waals surface area contributed by atoms with Crippen molar-refractivity contribution in [2.45, 2.75) is 46.0 Å². The summed E-state index contributed by atoms with van der Waals surface area (Å²) in [4.78, 5) is 16.0. The van der Waals surface area contributed by atoms with E-state index >= 15 is 0 Å². The molecule has 1 atom stereocenters. The Morgan fingerprint density at radius 2 is 2.08 bits per heavy atom. The Bertz CT molecular complexity index is 892. The first-order valence-corrected chi connectivity index (χ1v) is 9.37. The summed E-state index contributed by atoms with van der Waals surface area (Å²) in [5.41, 5.74) is 7.20. The van der Waals surface area contributed by atoms with Crippen molar-refractivity contribution < 1.29 is 4.79 Å². The standard InChI is InChI=1S/C21H23ClN2O/c1-11(2)15-5-4-6-19-16(15)9-14(23-19)10-18-17-8-13(22)7-12(3)20(17)24-21(18)25/h7-11,15,23H,4-6H2,1-3H3,(H,24,25). The molecule has 0 saturated heterocycles. The van der Waals surface area contributed by atoms with Gasteiger partial charge in [-0.25, -0.2) is 0 Å². The predicted octanol–water partition coefficient (Wildman–Crippen LogP) is 5.55. The Hall–Kier alpha value is -2.00. The number of nitrogens with one attached hydrogen (secondary N) is 2. The lowest BCUT2D eigenvalue weighted by atomic mass is 9.80. The number of hydrogen-bond acceptors (Lipinski definition) is 1. The molecule has 4 rings (SSSR count). The summed E-state index contributed by atoms with van der Waals surface area (Å²) in [6.07, 6.45) is 5.53. The molecular formula is C21H23ClN2O. The number of carbonyl (C=O) groups is 1. The van der Waals surface area contributed by atoms with Crippen LogP contribution in [0.2, 0.25) is 5.02 Å². The molecule has 2 heterocycles. The van der Waals surface area contributed by atoms with Gasteiger partial charge in [-0.1, -0.05) is 25.4 Å². The number of fused-ring (bicyclic) bond motifs is 2. The zero-order valence-electron chi connectivity index (χ0n) is 14.9. The smallest absolute Gasteiger partial charge is 0.256 e. The zero-order chi connectivity index (χ0) is 17.7. The Balaban J connectivity index is 1.77. The second kappa shape index (κ2) is 6.06. The van der Waals surface area contributed by atoms with Gasteiger partial charge in [0, 0.05) is 22.0 Å². The van der Waals surface area contributed by atoms with Crippen molar-refractivity contribution in [3.05, 3.63) is 51.3 Å². The van der Waals surface area contributed by atoms with Gasteiger partial charge >= 0.3 is 0 Å². The summed E-state index contributed by atoms with van der Waals surface area (Å²) in [6.45, 7) is 6.54. The lowest BCUT2D eigenvalue weighted by Gasteiger charge is -2.25. The SMILES string of the molecule is Cc1cc(Cl)cc2c1NC(=O)C2=Cc1cc2c([nH]1)CCCC2C(C)C. The van der Waals surface area contributed by atoms with Gasteiger partial charge in [0.05, 0.1) is 11.3 Å². The Labute approximate surface area is 153 Å². The van der Waals surface area contributed by atoms with Crippen LogP contribution in [0.1, 0.15) is 60.7 Å². The van der Waals surface area contributed by atoms with E-state index in [9.17, 15) is 4.79 Å². The summed E-state index contributed by atoms with van der Waals surface area (Å²) in [5.74, 6) is 1.18. The van der Waals surface area contributed by atoms with Crippen molar-refractivity contribution >= 4 is 34.8 Å². The molecule has 2 N–H and O–H groups in total. The zero-order valence-corrected chi connectivity index (χ0v) is 15.6. The number of anilines is 1. The molecule has 0 bridgehead atoms. The van der Waals surface area contributed by atoms with Gasteiger partial charge in [-0.3, -0.25) is 4.79 Å². The number of rotatable bonds is 2. The van der Waals surface area contributed by atoms with Crippen molar-refractivity contribution in [2.24, 2.45) is 5.92 Å². The first kappa shape index (κ1) is 16.5. The second-order valence-corrected chi connectivity index (χ2v) is 8.00. The number of halogens is 1. The number of aromatic nitrogens is 1. The molecule has 0 radical (unpaired) electrons. The Morgan fingerprint density at radius 1 is 1.28 bits per heavy atom. The topological polar surface area (TPSA) is 44.9 Å². The van der Waals surface area contributed by atoms with Crippen LogP contribution in [0.15, 0.2) is 18.2 Å². The van der Waals surface area contributed by atoms with Gasteiger partial charge in [0.15, 0.2) is 0 Å². The molecule has 1 aliphatic carbocycles. The molecule has 1 aromatic carbocycles. The summed E-state index contributed by atoms with van der Waals surface area (Å²) < 4.78 is 0. The number of benzene rings is 1. The third-order valence-corrected chi connectivity index (χ3v) is 5.69. The highest BCUT2D eigenvalue weighted by molar-refractivity contribution is 6.37. The molecule has 0 fully saturated rings. The summed E-state index contributed by atoms with van der Waals surface area (Å²) in [7, 11) is 0. The van der Waals surface area contributed by atoms with E-state index in [2.05, 4.69) is 30.2 Å². The van der Waals surface area contributed by atoms with E-state index in [1.807, 2.05) is 25.1 Å². The third-order valence-electron chi connectivity index (χ3n) is 5.47. The molecule has 0 saturated carbocycles. The maximum Gasteiger partial charge on any atom is 0.256 e. The molecule has 3 nitrogen and oxygen atoms in total. The van der Waals surface area contributed by atoms with Crippen LogP contribution in [0.4, 0.5) is 5.69 Å². The fourth-order valence-corrected chi connectivity index (χ4v) is 4.50. The molecule has 4 heteroatoms. The highest BCUT2D eigenvalue weighted by Gasteiger charge is 2.28. The molecule has 2 aromatic rings. The van der Waals surface area contributed by atoms with E-state index in [0.717, 1.165) is 28.9 Å². The van der Waals surface area contributed by atoms with Gasteiger partial charge in [0.2, 0.25) is 0 Å². The summed E-state index contributed by atoms with van der Waals surface area (Å²) in [6, 6.07) is 5.98. The lowest BCUT2D eigenvalue weighted by Crippen LogP contribution is -2.13. The quantitative estimate of drug-likeness (QED) is 0.683. The van der Waals surface area contributed by atoms with E-state index in [-0.39, 0.29) is 5.91 Å². The minimum absolute atomic E-state index is 0.0617. The largest absolute Gasteiger partial charge is 0.359 e. The molecule has 1 unspecified atom stereocenters. The highest BCUT2D eigenvalue weighted by Crippen LogP contribution is 2.40. The van der Waals surface area contributed by atoms with Crippen LogP contribution in [0.25, 0.3) is 11.6 Å². The minimum Gasteiger partial charge on any atom is -0.359 e. The predicted molar refractivity (Wildman–Crippen MR) is 104 cm³/mol. The van der Waals surface area contributed by atoms with Crippen LogP contribution in [-0.2, 0) is 11.2 Å². The van der Waals surface area contributed by atoms with Crippen LogP contribution < -0.4 is 5.32 Å². The highest BCUT2D eigenvalue weighted by atomic mass is 35.5. The van der Waals surface area contributed by atoms with E-state index in [1.165, 1.54) is 24.1 Å². The number of H-pyrrole nitrogens is 1. The fraction of sp³-hybridized carbons (Fsp3) is 0.381. The van der Waals surface area contributed by atoms with Gasteiger partial charge < -0.3 is 10.3 Å².